The molecule has 7 nitrogen and oxygen atoms in total. The molecule has 0 spiro atoms. The molecule has 0 aliphatic rings. The van der Waals surface area contributed by atoms with Crippen molar-refractivity contribution in [3.8, 4) is 11.5 Å². The summed E-state index contributed by atoms with van der Waals surface area (Å²) in [5.74, 6) is 2.53. The number of aromatic nitrogens is 2. The number of furan rings is 1. The third-order valence-corrected chi connectivity index (χ3v) is 6.02. The van der Waals surface area contributed by atoms with Gasteiger partial charge < -0.3 is 18.8 Å². The van der Waals surface area contributed by atoms with E-state index in [-0.39, 0.29) is 0 Å². The summed E-state index contributed by atoms with van der Waals surface area (Å²) in [6, 6.07) is 5.73. The highest BCUT2D eigenvalue weighted by Crippen LogP contribution is 2.30. The second-order valence-corrected chi connectivity index (χ2v) is 9.46. The van der Waals surface area contributed by atoms with Gasteiger partial charge in [0.15, 0.2) is 0 Å². The van der Waals surface area contributed by atoms with Gasteiger partial charge in [-0.05, 0) is 45.0 Å². The summed E-state index contributed by atoms with van der Waals surface area (Å²) in [6.45, 7) is 5.28. The molecule has 0 unspecified atom stereocenters. The lowest BCUT2D eigenvalue weighted by molar-refractivity contribution is -0.138. The zero-order chi connectivity index (χ0) is 22.6. The van der Waals surface area contributed by atoms with Crippen molar-refractivity contribution < 1.29 is 18.7 Å². The predicted molar refractivity (Wildman–Crippen MR) is 124 cm³/mol. The number of pyridine rings is 1. The third kappa shape index (κ3) is 5.58. The number of carboxylic acids is 1. The van der Waals surface area contributed by atoms with Crippen LogP contribution in [-0.2, 0) is 11.2 Å². The zero-order valence-electron chi connectivity index (χ0n) is 18.4. The van der Waals surface area contributed by atoms with Crippen molar-refractivity contribution >= 4 is 29.5 Å². The molecule has 0 saturated carbocycles. The summed E-state index contributed by atoms with van der Waals surface area (Å²) < 4.78 is 11.0. The molecule has 3 heterocycles. The van der Waals surface area contributed by atoms with Crippen molar-refractivity contribution in [1.29, 1.82) is 0 Å². The predicted octanol–water partition coefficient (Wildman–Crippen LogP) is 4.90. The van der Waals surface area contributed by atoms with Crippen LogP contribution in [0, 0.1) is 6.92 Å². The highest BCUT2D eigenvalue weighted by Gasteiger charge is 2.26. The van der Waals surface area contributed by atoms with Gasteiger partial charge in [0.05, 0.1) is 23.4 Å². The van der Waals surface area contributed by atoms with E-state index in [0.29, 0.717) is 23.8 Å². The SMILES string of the molecule is Cc1oc(-c2cnccc2N(C)C)nc1Cc1ccc(C=CCSC(C)(C)C(=O)O)o1. The maximum atomic E-state index is 11.2. The molecule has 8 heteroatoms. The van der Waals surface area contributed by atoms with E-state index >= 15 is 0 Å². The van der Waals surface area contributed by atoms with Crippen LogP contribution in [-0.4, -0.2) is 45.6 Å². The average molecular weight is 442 g/mol. The minimum atomic E-state index is -0.822. The fourth-order valence-electron chi connectivity index (χ4n) is 2.88. The molecule has 0 aliphatic heterocycles. The smallest absolute Gasteiger partial charge is 0.319 e. The Balaban J connectivity index is 1.68. The summed E-state index contributed by atoms with van der Waals surface area (Å²) in [6.07, 6.45) is 7.77. The minimum absolute atomic E-state index is 0.515. The van der Waals surface area contributed by atoms with Crippen molar-refractivity contribution in [3.05, 3.63) is 59.6 Å². The molecule has 0 saturated heterocycles. The van der Waals surface area contributed by atoms with Gasteiger partial charge in [0.25, 0.3) is 0 Å². The number of thioether (sulfide) groups is 1. The Kier molecular flexibility index (Phi) is 6.90. The maximum absolute atomic E-state index is 11.2. The second kappa shape index (κ2) is 9.43. The fourth-order valence-corrected chi connectivity index (χ4v) is 3.61. The lowest BCUT2D eigenvalue weighted by Crippen LogP contribution is -2.27. The summed E-state index contributed by atoms with van der Waals surface area (Å²) in [5.41, 5.74) is 2.64. The van der Waals surface area contributed by atoms with E-state index in [9.17, 15) is 4.79 Å². The fraction of sp³-hybridized carbons (Fsp3) is 0.348. The van der Waals surface area contributed by atoms with Gasteiger partial charge in [0.2, 0.25) is 5.89 Å². The molecule has 164 valence electrons. The van der Waals surface area contributed by atoms with Gasteiger partial charge in [-0.25, -0.2) is 4.98 Å². The number of anilines is 1. The molecule has 0 aliphatic carbocycles. The molecule has 3 aromatic rings. The molecule has 0 amide bonds. The van der Waals surface area contributed by atoms with Gasteiger partial charge in [-0.2, -0.15) is 0 Å². The lowest BCUT2D eigenvalue weighted by Gasteiger charge is -2.16. The number of rotatable bonds is 9. The number of hydrogen-bond donors (Lipinski definition) is 1. The summed E-state index contributed by atoms with van der Waals surface area (Å²) in [4.78, 5) is 22.0. The summed E-state index contributed by atoms with van der Waals surface area (Å²) >= 11 is 1.36. The molecule has 0 radical (unpaired) electrons. The first-order valence-electron chi connectivity index (χ1n) is 9.88. The Bertz CT molecular complexity index is 1080. The Hall–Kier alpha value is -3.00. The first kappa shape index (κ1) is 22.7. The first-order valence-corrected chi connectivity index (χ1v) is 10.9. The molecule has 0 bridgehead atoms. The molecule has 0 fully saturated rings. The van der Waals surface area contributed by atoms with E-state index < -0.39 is 10.7 Å². The first-order chi connectivity index (χ1) is 14.7. The largest absolute Gasteiger partial charge is 0.480 e. The van der Waals surface area contributed by atoms with Crippen LogP contribution in [0.25, 0.3) is 17.5 Å². The number of carboxylic acid groups (broad SMARTS) is 1. The maximum Gasteiger partial charge on any atom is 0.319 e. The summed E-state index contributed by atoms with van der Waals surface area (Å²) in [5, 5.41) is 9.16. The summed E-state index contributed by atoms with van der Waals surface area (Å²) in [7, 11) is 3.93. The van der Waals surface area contributed by atoms with Gasteiger partial charge in [0, 0.05) is 32.2 Å². The van der Waals surface area contributed by atoms with Crippen LogP contribution in [0.1, 0.15) is 36.8 Å². The van der Waals surface area contributed by atoms with Gasteiger partial charge >= 0.3 is 5.97 Å². The monoisotopic (exact) mass is 441 g/mol. The highest BCUT2D eigenvalue weighted by atomic mass is 32.2. The number of hydrogen-bond acceptors (Lipinski definition) is 7. The molecule has 0 atom stereocenters. The van der Waals surface area contributed by atoms with Crippen molar-refractivity contribution in [2.45, 2.75) is 31.9 Å². The van der Waals surface area contributed by atoms with Gasteiger partial charge in [-0.1, -0.05) is 6.08 Å². The van der Waals surface area contributed by atoms with Gasteiger partial charge in [0.1, 0.15) is 22.0 Å². The quantitative estimate of drug-likeness (QED) is 0.501. The number of carbonyl (C=O) groups is 1. The molecular formula is C23H27N3O4S. The van der Waals surface area contributed by atoms with Crippen molar-refractivity contribution in [3.63, 3.8) is 0 Å². The van der Waals surface area contributed by atoms with E-state index in [0.717, 1.165) is 28.5 Å². The Morgan fingerprint density at radius 3 is 2.74 bits per heavy atom. The number of nitrogens with zero attached hydrogens (tertiary/aromatic N) is 3. The normalized spacial score (nSPS) is 11.9. The standard InChI is InChI=1S/C23H27N3O4S/c1-15-19(25-21(29-15)18-14-24-11-10-20(18)26(4)5)13-17-9-8-16(30-17)7-6-12-31-23(2,3)22(27)28/h6-11,14H,12-13H2,1-5H3,(H,27,28). The van der Waals surface area contributed by atoms with E-state index in [1.54, 1.807) is 26.2 Å². The van der Waals surface area contributed by atoms with Crippen LogP contribution in [0.15, 0.2) is 45.5 Å². The van der Waals surface area contributed by atoms with Crippen LogP contribution < -0.4 is 4.90 Å². The molecule has 3 rings (SSSR count). The van der Waals surface area contributed by atoms with E-state index in [4.69, 9.17) is 13.9 Å². The van der Waals surface area contributed by atoms with Crippen LogP contribution in [0.4, 0.5) is 5.69 Å². The number of oxazole rings is 1. The van der Waals surface area contributed by atoms with Crippen LogP contribution in [0.5, 0.6) is 0 Å². The minimum Gasteiger partial charge on any atom is -0.480 e. The molecule has 31 heavy (non-hydrogen) atoms. The molecule has 0 aromatic carbocycles. The Labute approximate surface area is 186 Å². The van der Waals surface area contributed by atoms with Gasteiger partial charge in [-0.3, -0.25) is 9.78 Å². The Morgan fingerprint density at radius 1 is 1.26 bits per heavy atom. The highest BCUT2D eigenvalue weighted by molar-refractivity contribution is 8.01. The molecule has 3 aromatic heterocycles. The molecule has 1 N–H and O–H groups in total. The van der Waals surface area contributed by atoms with Crippen LogP contribution >= 0.6 is 11.8 Å². The van der Waals surface area contributed by atoms with Crippen molar-refractivity contribution in [2.75, 3.05) is 24.7 Å². The number of aliphatic carboxylic acids is 1. The van der Waals surface area contributed by atoms with Crippen molar-refractivity contribution in [1.82, 2.24) is 9.97 Å². The van der Waals surface area contributed by atoms with E-state index in [1.165, 1.54) is 11.8 Å². The van der Waals surface area contributed by atoms with E-state index in [2.05, 4.69) is 9.97 Å². The average Bonchev–Trinajstić information content (AvgIpc) is 3.32. The second-order valence-electron chi connectivity index (χ2n) is 7.82. The van der Waals surface area contributed by atoms with Crippen molar-refractivity contribution in [2.24, 2.45) is 0 Å². The zero-order valence-corrected chi connectivity index (χ0v) is 19.2. The topological polar surface area (TPSA) is 92.6 Å². The molecular weight excluding hydrogens is 414 g/mol. The Morgan fingerprint density at radius 2 is 2.03 bits per heavy atom. The lowest BCUT2D eigenvalue weighted by atomic mass is 10.2. The van der Waals surface area contributed by atoms with Crippen LogP contribution in [0.2, 0.25) is 0 Å². The van der Waals surface area contributed by atoms with E-state index in [1.807, 2.05) is 56.3 Å². The third-order valence-electron chi connectivity index (χ3n) is 4.76. The van der Waals surface area contributed by atoms with Gasteiger partial charge in [-0.15, -0.1) is 11.8 Å². The van der Waals surface area contributed by atoms with Crippen LogP contribution in [0.3, 0.4) is 0 Å². The number of aryl methyl sites for hydroxylation is 1.